The number of benzene rings is 1. The van der Waals surface area contributed by atoms with E-state index < -0.39 is 0 Å². The Morgan fingerprint density at radius 2 is 1.81 bits per heavy atom. The maximum absolute atomic E-state index is 11.6. The summed E-state index contributed by atoms with van der Waals surface area (Å²) in [6, 6.07) is 6.36. The van der Waals surface area contributed by atoms with Crippen LogP contribution in [0.25, 0.3) is 0 Å². The van der Waals surface area contributed by atoms with Crippen LogP contribution >= 0.6 is 0 Å². The fourth-order valence-electron chi connectivity index (χ4n) is 4.79. The van der Waals surface area contributed by atoms with Crippen LogP contribution in [-0.4, -0.2) is 32.0 Å². The van der Waals surface area contributed by atoms with Gasteiger partial charge in [0.1, 0.15) is 5.75 Å². The highest BCUT2D eigenvalue weighted by Gasteiger charge is 2.22. The topological polar surface area (TPSA) is 57.7 Å². The minimum Gasteiger partial charge on any atom is -0.469 e. The minimum atomic E-state index is -0.168. The molecule has 0 amide bonds. The number of esters is 1. The zero-order valence-electron chi connectivity index (χ0n) is 20.3. The summed E-state index contributed by atoms with van der Waals surface area (Å²) in [6.45, 7) is 6.72. The van der Waals surface area contributed by atoms with Crippen LogP contribution in [0.5, 0.6) is 5.75 Å². The molecule has 0 unspecified atom stereocenters. The number of nitrogens with zero attached hydrogens (tertiary/aromatic N) is 1. The van der Waals surface area contributed by atoms with E-state index in [-0.39, 0.29) is 12.8 Å². The van der Waals surface area contributed by atoms with E-state index in [1.54, 1.807) is 7.11 Å². The number of pyridine rings is 1. The van der Waals surface area contributed by atoms with Gasteiger partial charge in [-0.1, -0.05) is 25.3 Å². The fraction of sp³-hybridized carbons (Fsp3) is 0.556. The van der Waals surface area contributed by atoms with Crippen molar-refractivity contribution in [2.75, 3.05) is 21.0 Å². The third-order valence-electron chi connectivity index (χ3n) is 6.82. The van der Waals surface area contributed by atoms with E-state index in [2.05, 4.69) is 39.0 Å². The lowest BCUT2D eigenvalue weighted by Crippen LogP contribution is -2.12. The van der Waals surface area contributed by atoms with Crippen molar-refractivity contribution in [3.05, 3.63) is 57.4 Å². The monoisotopic (exact) mass is 439 g/mol. The van der Waals surface area contributed by atoms with Gasteiger partial charge in [0, 0.05) is 31.6 Å². The molecule has 1 fully saturated rings. The second kappa shape index (κ2) is 11.5. The van der Waals surface area contributed by atoms with Gasteiger partial charge in [-0.05, 0) is 80.0 Å². The van der Waals surface area contributed by atoms with Crippen LogP contribution in [0, 0.1) is 20.8 Å². The Morgan fingerprint density at radius 1 is 1.06 bits per heavy atom. The standard InChI is InChI=1S/C27H37NO4/c1-18-15-22(11-14-26(29)31-5)19(2)20(3)24(18)16-23-12-13-25(32-17-30-4)27(28-23)21-9-7-6-8-10-21/h12-13,15,21H,6-11,14,16-17H2,1-5H3. The molecule has 174 valence electrons. The van der Waals surface area contributed by atoms with E-state index >= 15 is 0 Å². The Hall–Kier alpha value is -2.40. The predicted octanol–water partition coefficient (Wildman–Crippen LogP) is 5.73. The van der Waals surface area contributed by atoms with Crippen LogP contribution in [0.2, 0.25) is 0 Å². The minimum absolute atomic E-state index is 0.168. The molecule has 1 saturated carbocycles. The molecule has 5 heteroatoms. The summed E-state index contributed by atoms with van der Waals surface area (Å²) in [6.07, 6.45) is 8.07. The van der Waals surface area contributed by atoms with Crippen molar-refractivity contribution in [1.29, 1.82) is 0 Å². The summed E-state index contributed by atoms with van der Waals surface area (Å²) >= 11 is 0. The van der Waals surface area contributed by atoms with E-state index in [0.29, 0.717) is 18.8 Å². The quantitative estimate of drug-likeness (QED) is 0.369. The number of aromatic nitrogens is 1. The average molecular weight is 440 g/mol. The van der Waals surface area contributed by atoms with Crippen molar-refractivity contribution in [2.24, 2.45) is 0 Å². The molecular formula is C27H37NO4. The van der Waals surface area contributed by atoms with Gasteiger partial charge in [-0.2, -0.15) is 0 Å². The molecule has 1 aromatic carbocycles. The van der Waals surface area contributed by atoms with Crippen LogP contribution in [0.4, 0.5) is 0 Å². The number of hydrogen-bond donors (Lipinski definition) is 0. The maximum Gasteiger partial charge on any atom is 0.305 e. The molecule has 32 heavy (non-hydrogen) atoms. The summed E-state index contributed by atoms with van der Waals surface area (Å²) in [5.41, 5.74) is 8.47. The first-order chi connectivity index (χ1) is 15.4. The molecule has 3 rings (SSSR count). The normalized spacial score (nSPS) is 14.4. The smallest absolute Gasteiger partial charge is 0.305 e. The second-order valence-corrected chi connectivity index (χ2v) is 8.91. The molecule has 0 bridgehead atoms. The van der Waals surface area contributed by atoms with Crippen molar-refractivity contribution >= 4 is 5.97 Å². The lowest BCUT2D eigenvalue weighted by Gasteiger charge is -2.24. The van der Waals surface area contributed by atoms with Gasteiger partial charge in [0.05, 0.1) is 12.8 Å². The zero-order valence-corrected chi connectivity index (χ0v) is 20.3. The Morgan fingerprint density at radius 3 is 2.50 bits per heavy atom. The lowest BCUT2D eigenvalue weighted by atomic mass is 9.86. The number of rotatable bonds is 9. The summed E-state index contributed by atoms with van der Waals surface area (Å²) < 4.78 is 15.8. The van der Waals surface area contributed by atoms with E-state index in [4.69, 9.17) is 19.2 Å². The molecule has 1 aromatic heterocycles. The van der Waals surface area contributed by atoms with Crippen LogP contribution in [-0.2, 0) is 27.1 Å². The summed E-state index contributed by atoms with van der Waals surface area (Å²) in [4.78, 5) is 16.7. The second-order valence-electron chi connectivity index (χ2n) is 8.91. The molecule has 0 N–H and O–H groups in total. The third kappa shape index (κ3) is 5.89. The first kappa shape index (κ1) is 24.2. The average Bonchev–Trinajstić information content (AvgIpc) is 2.82. The highest BCUT2D eigenvalue weighted by molar-refractivity contribution is 5.69. The number of methoxy groups -OCH3 is 2. The number of carbonyl (C=O) groups excluding carboxylic acids is 1. The molecule has 1 heterocycles. The van der Waals surface area contributed by atoms with Gasteiger partial charge in [-0.3, -0.25) is 9.78 Å². The molecule has 2 aromatic rings. The molecule has 1 aliphatic rings. The number of aryl methyl sites for hydroxylation is 2. The maximum atomic E-state index is 11.6. The Balaban J connectivity index is 1.87. The zero-order chi connectivity index (χ0) is 23.1. The molecule has 0 saturated heterocycles. The van der Waals surface area contributed by atoms with Gasteiger partial charge in [-0.15, -0.1) is 0 Å². The predicted molar refractivity (Wildman–Crippen MR) is 126 cm³/mol. The highest BCUT2D eigenvalue weighted by Crippen LogP contribution is 2.37. The van der Waals surface area contributed by atoms with Crippen molar-refractivity contribution in [2.45, 2.75) is 78.1 Å². The van der Waals surface area contributed by atoms with Crippen molar-refractivity contribution in [3.8, 4) is 5.75 Å². The molecule has 0 spiro atoms. The van der Waals surface area contributed by atoms with Crippen molar-refractivity contribution in [3.63, 3.8) is 0 Å². The number of ether oxygens (including phenoxy) is 3. The molecular weight excluding hydrogens is 402 g/mol. The molecule has 0 atom stereocenters. The van der Waals surface area contributed by atoms with Gasteiger partial charge in [0.2, 0.25) is 0 Å². The van der Waals surface area contributed by atoms with Gasteiger partial charge < -0.3 is 14.2 Å². The van der Waals surface area contributed by atoms with E-state index in [1.165, 1.54) is 67.0 Å². The van der Waals surface area contributed by atoms with Crippen LogP contribution < -0.4 is 4.74 Å². The first-order valence-corrected chi connectivity index (χ1v) is 11.7. The summed E-state index contributed by atoms with van der Waals surface area (Å²) in [5.74, 6) is 1.14. The summed E-state index contributed by atoms with van der Waals surface area (Å²) in [5, 5.41) is 0. The van der Waals surface area contributed by atoms with Crippen molar-refractivity contribution in [1.82, 2.24) is 4.98 Å². The van der Waals surface area contributed by atoms with E-state index in [0.717, 1.165) is 23.6 Å². The van der Waals surface area contributed by atoms with E-state index in [9.17, 15) is 4.79 Å². The number of hydrogen-bond acceptors (Lipinski definition) is 5. The van der Waals surface area contributed by atoms with Gasteiger partial charge in [-0.25, -0.2) is 0 Å². The molecule has 1 aliphatic carbocycles. The van der Waals surface area contributed by atoms with Gasteiger partial charge in [0.15, 0.2) is 6.79 Å². The van der Waals surface area contributed by atoms with Gasteiger partial charge in [0.25, 0.3) is 0 Å². The molecule has 5 nitrogen and oxygen atoms in total. The number of carbonyl (C=O) groups is 1. The lowest BCUT2D eigenvalue weighted by molar-refractivity contribution is -0.140. The SMILES string of the molecule is COCOc1ccc(Cc2c(C)cc(CCC(=O)OC)c(C)c2C)nc1C1CCCCC1. The fourth-order valence-corrected chi connectivity index (χ4v) is 4.79. The summed E-state index contributed by atoms with van der Waals surface area (Å²) in [7, 11) is 3.08. The highest BCUT2D eigenvalue weighted by atomic mass is 16.7. The van der Waals surface area contributed by atoms with Crippen LogP contribution in [0.15, 0.2) is 18.2 Å². The van der Waals surface area contributed by atoms with Crippen LogP contribution in [0.3, 0.4) is 0 Å². The van der Waals surface area contributed by atoms with E-state index in [1.807, 2.05) is 0 Å². The van der Waals surface area contributed by atoms with Gasteiger partial charge >= 0.3 is 5.97 Å². The third-order valence-corrected chi connectivity index (χ3v) is 6.82. The van der Waals surface area contributed by atoms with Crippen LogP contribution in [0.1, 0.15) is 83.6 Å². The molecule has 0 aliphatic heterocycles. The molecule has 0 radical (unpaired) electrons. The first-order valence-electron chi connectivity index (χ1n) is 11.7. The Kier molecular flexibility index (Phi) is 8.68. The Bertz CT molecular complexity index is 932. The van der Waals surface area contributed by atoms with Crippen molar-refractivity contribution < 1.29 is 19.0 Å². The largest absolute Gasteiger partial charge is 0.469 e. The Labute approximate surface area is 192 Å².